The summed E-state index contributed by atoms with van der Waals surface area (Å²) in [6.45, 7) is 0.947. The lowest BCUT2D eigenvalue weighted by atomic mass is 10.2. The summed E-state index contributed by atoms with van der Waals surface area (Å²) in [5, 5.41) is 13.5. The van der Waals surface area contributed by atoms with Crippen molar-refractivity contribution in [2.24, 2.45) is 0 Å². The summed E-state index contributed by atoms with van der Waals surface area (Å²) in [5.74, 6) is 0.587. The molecule has 3 rings (SSSR count). The predicted molar refractivity (Wildman–Crippen MR) is 86.9 cm³/mol. The van der Waals surface area contributed by atoms with Gasteiger partial charge in [0, 0.05) is 12.1 Å². The topological polar surface area (TPSA) is 81.9 Å². The summed E-state index contributed by atoms with van der Waals surface area (Å²) in [7, 11) is 0. The van der Waals surface area contributed by atoms with Gasteiger partial charge in [-0.15, -0.1) is 5.10 Å². The summed E-state index contributed by atoms with van der Waals surface area (Å²) in [6, 6.07) is 17.6. The quantitative estimate of drug-likeness (QED) is 0.714. The van der Waals surface area contributed by atoms with Crippen molar-refractivity contribution in [3.8, 4) is 5.75 Å². The molecular formula is C17H17N5O2. The van der Waals surface area contributed by atoms with Gasteiger partial charge < -0.3 is 10.1 Å². The number of benzene rings is 2. The maximum absolute atomic E-state index is 11.9. The van der Waals surface area contributed by atoms with Gasteiger partial charge in [-0.25, -0.2) is 4.68 Å². The lowest BCUT2D eigenvalue weighted by Gasteiger charge is -2.12. The number of hydrogen-bond donors (Lipinski definition) is 1. The number of nitrogens with one attached hydrogen (secondary N) is 1. The predicted octanol–water partition coefficient (Wildman–Crippen LogP) is 1.57. The fourth-order valence-corrected chi connectivity index (χ4v) is 2.18. The second kappa shape index (κ2) is 7.87. The zero-order chi connectivity index (χ0) is 16.6. The van der Waals surface area contributed by atoms with E-state index >= 15 is 0 Å². The summed E-state index contributed by atoms with van der Waals surface area (Å²) in [4.78, 5) is 11.9. The number of nitrogens with zero attached hydrogens (tertiary/aromatic N) is 4. The van der Waals surface area contributed by atoms with Crippen LogP contribution in [0.4, 0.5) is 0 Å². The maximum Gasteiger partial charge on any atom is 0.242 e. The summed E-state index contributed by atoms with van der Waals surface area (Å²) in [5.41, 5.74) is 2.01. The Morgan fingerprint density at radius 2 is 1.88 bits per heavy atom. The number of amides is 1. The molecule has 1 aromatic heterocycles. The minimum Gasteiger partial charge on any atom is -0.489 e. The Hall–Kier alpha value is -3.22. The number of carbonyl (C=O) groups excluding carboxylic acids is 1. The van der Waals surface area contributed by atoms with Crippen LogP contribution in [0.25, 0.3) is 0 Å². The molecular weight excluding hydrogens is 306 g/mol. The van der Waals surface area contributed by atoms with E-state index in [-0.39, 0.29) is 12.5 Å². The van der Waals surface area contributed by atoms with E-state index < -0.39 is 0 Å². The van der Waals surface area contributed by atoms with Crippen LogP contribution in [0, 0.1) is 0 Å². The highest BCUT2D eigenvalue weighted by molar-refractivity contribution is 5.75. The normalized spacial score (nSPS) is 10.3. The van der Waals surface area contributed by atoms with Crippen molar-refractivity contribution in [2.45, 2.75) is 19.7 Å². The van der Waals surface area contributed by atoms with Gasteiger partial charge in [-0.3, -0.25) is 4.79 Å². The van der Waals surface area contributed by atoms with Crippen molar-refractivity contribution in [2.75, 3.05) is 0 Å². The van der Waals surface area contributed by atoms with E-state index in [9.17, 15) is 4.79 Å². The molecule has 24 heavy (non-hydrogen) atoms. The minimum absolute atomic E-state index is 0.0834. The molecule has 0 fully saturated rings. The van der Waals surface area contributed by atoms with Gasteiger partial charge in [-0.2, -0.15) is 0 Å². The lowest BCUT2D eigenvalue weighted by molar-refractivity contribution is -0.122. The third kappa shape index (κ3) is 4.39. The highest BCUT2D eigenvalue weighted by Crippen LogP contribution is 2.19. The molecule has 122 valence electrons. The highest BCUT2D eigenvalue weighted by Gasteiger charge is 2.07. The average Bonchev–Trinajstić information content (AvgIpc) is 3.13. The van der Waals surface area contributed by atoms with Gasteiger partial charge in [0.05, 0.1) is 0 Å². The number of para-hydroxylation sites is 1. The third-order valence-electron chi connectivity index (χ3n) is 3.38. The number of hydrogen-bond acceptors (Lipinski definition) is 5. The number of carbonyl (C=O) groups is 1. The van der Waals surface area contributed by atoms with Crippen LogP contribution < -0.4 is 10.1 Å². The Kier molecular flexibility index (Phi) is 5.14. The van der Waals surface area contributed by atoms with Crippen LogP contribution in [0.1, 0.15) is 11.1 Å². The standard InChI is InChI=1S/C17H17N5O2/c23-17(11-22-13-19-20-21-22)18-10-15-8-4-5-9-16(15)24-12-14-6-2-1-3-7-14/h1-9,13H,10-12H2,(H,18,23). The van der Waals surface area contributed by atoms with Crippen molar-refractivity contribution >= 4 is 5.91 Å². The van der Waals surface area contributed by atoms with Crippen LogP contribution in [-0.4, -0.2) is 26.1 Å². The second-order valence-electron chi connectivity index (χ2n) is 5.17. The van der Waals surface area contributed by atoms with E-state index in [0.29, 0.717) is 13.2 Å². The first-order chi connectivity index (χ1) is 11.8. The van der Waals surface area contributed by atoms with Gasteiger partial charge in [0.2, 0.25) is 5.91 Å². The SMILES string of the molecule is O=C(Cn1cnnn1)NCc1ccccc1OCc1ccccc1. The molecule has 0 saturated carbocycles. The molecule has 0 atom stereocenters. The van der Waals surface area contributed by atoms with Gasteiger partial charge in [0.25, 0.3) is 0 Å². The van der Waals surface area contributed by atoms with Crippen LogP contribution in [0.5, 0.6) is 5.75 Å². The first kappa shape index (κ1) is 15.7. The average molecular weight is 323 g/mol. The molecule has 1 N–H and O–H groups in total. The van der Waals surface area contributed by atoms with Crippen LogP contribution in [-0.2, 0) is 24.5 Å². The molecule has 1 amide bonds. The van der Waals surface area contributed by atoms with E-state index in [1.807, 2.05) is 54.6 Å². The van der Waals surface area contributed by atoms with Crippen LogP contribution in [0.15, 0.2) is 60.9 Å². The molecule has 1 heterocycles. The molecule has 7 nitrogen and oxygen atoms in total. The summed E-state index contributed by atoms with van der Waals surface area (Å²) >= 11 is 0. The molecule has 0 radical (unpaired) electrons. The Bertz CT molecular complexity index is 775. The van der Waals surface area contributed by atoms with E-state index in [4.69, 9.17) is 4.74 Å². The molecule has 0 spiro atoms. The highest BCUT2D eigenvalue weighted by atomic mass is 16.5. The van der Waals surface area contributed by atoms with E-state index in [2.05, 4.69) is 20.8 Å². The zero-order valence-electron chi connectivity index (χ0n) is 13.0. The van der Waals surface area contributed by atoms with Crippen molar-refractivity contribution in [1.29, 1.82) is 0 Å². The molecule has 3 aromatic rings. The Balaban J connectivity index is 1.56. The summed E-state index contributed by atoms with van der Waals surface area (Å²) in [6.07, 6.45) is 1.40. The fourth-order valence-electron chi connectivity index (χ4n) is 2.18. The van der Waals surface area contributed by atoms with E-state index in [0.717, 1.165) is 16.9 Å². The number of rotatable bonds is 7. The maximum atomic E-state index is 11.9. The number of ether oxygens (including phenoxy) is 1. The van der Waals surface area contributed by atoms with Crippen molar-refractivity contribution < 1.29 is 9.53 Å². The van der Waals surface area contributed by atoms with Crippen molar-refractivity contribution in [1.82, 2.24) is 25.5 Å². The van der Waals surface area contributed by atoms with Gasteiger partial charge in [-0.05, 0) is 22.1 Å². The second-order valence-corrected chi connectivity index (χ2v) is 5.17. The van der Waals surface area contributed by atoms with E-state index in [1.165, 1.54) is 11.0 Å². The Labute approximate surface area is 139 Å². The smallest absolute Gasteiger partial charge is 0.242 e. The monoisotopic (exact) mass is 323 g/mol. The van der Waals surface area contributed by atoms with Crippen molar-refractivity contribution in [3.05, 3.63) is 72.1 Å². The zero-order valence-corrected chi connectivity index (χ0v) is 13.0. The number of tetrazole rings is 1. The molecule has 0 unspecified atom stereocenters. The van der Waals surface area contributed by atoms with Crippen molar-refractivity contribution in [3.63, 3.8) is 0 Å². The Morgan fingerprint density at radius 3 is 2.67 bits per heavy atom. The van der Waals surface area contributed by atoms with Crippen LogP contribution in [0.2, 0.25) is 0 Å². The number of aromatic nitrogens is 4. The van der Waals surface area contributed by atoms with Gasteiger partial charge in [-0.1, -0.05) is 48.5 Å². The molecule has 0 aliphatic heterocycles. The minimum atomic E-state index is -0.167. The first-order valence-corrected chi connectivity index (χ1v) is 7.53. The molecule has 0 aliphatic carbocycles. The summed E-state index contributed by atoms with van der Waals surface area (Å²) < 4.78 is 7.24. The van der Waals surface area contributed by atoms with E-state index in [1.54, 1.807) is 0 Å². The van der Waals surface area contributed by atoms with Gasteiger partial charge in [0.1, 0.15) is 25.2 Å². The van der Waals surface area contributed by atoms with Crippen LogP contribution in [0.3, 0.4) is 0 Å². The van der Waals surface area contributed by atoms with Gasteiger partial charge >= 0.3 is 0 Å². The van der Waals surface area contributed by atoms with Gasteiger partial charge in [0.15, 0.2) is 0 Å². The first-order valence-electron chi connectivity index (χ1n) is 7.53. The Morgan fingerprint density at radius 1 is 1.08 bits per heavy atom. The fraction of sp³-hybridized carbons (Fsp3) is 0.176. The molecule has 2 aromatic carbocycles. The third-order valence-corrected chi connectivity index (χ3v) is 3.38. The lowest BCUT2D eigenvalue weighted by Crippen LogP contribution is -2.27. The largest absolute Gasteiger partial charge is 0.489 e. The molecule has 7 heteroatoms. The molecule has 0 saturated heterocycles. The molecule has 0 bridgehead atoms. The molecule has 0 aliphatic rings. The van der Waals surface area contributed by atoms with Crippen LogP contribution >= 0.6 is 0 Å².